The Labute approximate surface area is 620 Å². The van der Waals surface area contributed by atoms with E-state index in [0.717, 1.165) is 162 Å². The zero-order chi connectivity index (χ0) is 70.3. The zero-order valence-electron chi connectivity index (χ0n) is 57.4. The summed E-state index contributed by atoms with van der Waals surface area (Å²) >= 11 is 1.76. The molecule has 4 heterocycles. The average Bonchev–Trinajstić information content (AvgIpc) is 0.686. The van der Waals surface area contributed by atoms with Gasteiger partial charge >= 0.3 is 0 Å². The average molecular weight is 1380 g/mol. The lowest BCUT2D eigenvalue weighted by Gasteiger charge is -2.46. The van der Waals surface area contributed by atoms with Crippen LogP contribution in [0.25, 0.3) is 44.5 Å². The van der Waals surface area contributed by atoms with Crippen LogP contribution in [0.15, 0.2) is 392 Å². The second-order valence-electron chi connectivity index (χ2n) is 27.3. The van der Waals surface area contributed by atoms with Crippen molar-refractivity contribution in [2.24, 2.45) is 0 Å². The third-order valence-electron chi connectivity index (χ3n) is 21.3. The number of hydrogen-bond acceptors (Lipinski definition) is 6. The van der Waals surface area contributed by atoms with E-state index >= 15 is 8.78 Å². The molecule has 0 unspecified atom stereocenters. The van der Waals surface area contributed by atoms with Crippen molar-refractivity contribution in [3.63, 3.8) is 0 Å². The number of benzene rings is 16. The summed E-state index contributed by atoms with van der Waals surface area (Å²) in [5, 5.41) is 0. The van der Waals surface area contributed by atoms with E-state index < -0.39 is 18.3 Å². The minimum atomic E-state index is -0.688. The molecule has 4 aliphatic rings. The smallest absolute Gasteiger partial charge is 0.252 e. The standard InChI is InChI=1S/C96H63B2F2N5S/c99-68-55-56-86(83(100)57-68)104-87-63-91-82(98-79-51-25-27-53-84(79)103(72-45-23-8-24-46-72)90-60-74(61-92(106-91)94(90)98)101(69-39-17-5-18-40-69)70-41-19-6-20-42-70)62-81(87)97-80-52-26-28-54-85(80)105(96-77(66-35-13-3-14-36-66)49-30-50-78(96)67-37-15-4-16-38-67)89-59-73(58-88(104)93(89)97)102(71-43-21-7-22-44-71)95-75(64-31-9-1-10-32-64)47-29-48-76(95)65-33-11-2-12-34-65/h1-63H. The topological polar surface area (TPSA) is 16.2 Å². The van der Waals surface area contributed by atoms with Gasteiger partial charge in [-0.3, -0.25) is 0 Å². The van der Waals surface area contributed by atoms with Gasteiger partial charge in [-0.25, -0.2) is 8.78 Å². The largest absolute Gasteiger partial charge is 0.311 e. The second kappa shape index (κ2) is 26.0. The lowest BCUT2D eigenvalue weighted by Crippen LogP contribution is -2.64. The second-order valence-corrected chi connectivity index (χ2v) is 28.4. The molecule has 16 aromatic rings. The maximum atomic E-state index is 18.4. The van der Waals surface area contributed by atoms with Crippen LogP contribution in [-0.4, -0.2) is 13.4 Å². The van der Waals surface area contributed by atoms with Crippen LogP contribution in [0.5, 0.6) is 0 Å². The summed E-state index contributed by atoms with van der Waals surface area (Å²) in [5.74, 6) is -1.35. The molecule has 5 nitrogen and oxygen atoms in total. The minimum Gasteiger partial charge on any atom is -0.311 e. The lowest BCUT2D eigenvalue weighted by atomic mass is 9.31. The third-order valence-corrected chi connectivity index (χ3v) is 22.5. The highest BCUT2D eigenvalue weighted by atomic mass is 32.2. The number of rotatable bonds is 13. The molecular formula is C96H63B2F2N5S. The molecule has 0 aliphatic carbocycles. The van der Waals surface area contributed by atoms with Crippen molar-refractivity contribution in [2.75, 3.05) is 24.5 Å². The molecule has 20 rings (SSSR count). The van der Waals surface area contributed by atoms with Gasteiger partial charge in [0, 0.05) is 101 Å². The number of para-hydroxylation sites is 8. The number of fused-ring (bicyclic) bond motifs is 8. The fraction of sp³-hybridized carbons (Fsp3) is 0. The van der Waals surface area contributed by atoms with E-state index in [2.05, 4.69) is 388 Å². The molecule has 0 aromatic heterocycles. The highest BCUT2D eigenvalue weighted by Crippen LogP contribution is 2.56. The summed E-state index contributed by atoms with van der Waals surface area (Å²) in [7, 11) is 0. The maximum absolute atomic E-state index is 18.4. The highest BCUT2D eigenvalue weighted by molar-refractivity contribution is 8.00. The maximum Gasteiger partial charge on any atom is 0.252 e. The van der Waals surface area contributed by atoms with E-state index in [0.29, 0.717) is 0 Å². The van der Waals surface area contributed by atoms with Crippen molar-refractivity contribution in [3.8, 4) is 44.5 Å². The van der Waals surface area contributed by atoms with Crippen molar-refractivity contribution < 1.29 is 8.78 Å². The van der Waals surface area contributed by atoms with Crippen LogP contribution in [0.2, 0.25) is 0 Å². The van der Waals surface area contributed by atoms with Crippen molar-refractivity contribution in [1.82, 2.24) is 0 Å². The summed E-state index contributed by atoms with van der Waals surface area (Å²) in [6.45, 7) is -0.683. The van der Waals surface area contributed by atoms with Crippen LogP contribution in [0, 0.1) is 11.6 Å². The monoisotopic (exact) mass is 1380 g/mol. The van der Waals surface area contributed by atoms with Gasteiger partial charge in [0.15, 0.2) is 0 Å². The van der Waals surface area contributed by atoms with Crippen LogP contribution < -0.4 is 57.3 Å². The van der Waals surface area contributed by atoms with Gasteiger partial charge in [0.25, 0.3) is 6.71 Å². The summed E-state index contributed by atoms with van der Waals surface area (Å²) < 4.78 is 34.5. The van der Waals surface area contributed by atoms with Gasteiger partial charge in [-0.2, -0.15) is 0 Å². The third kappa shape index (κ3) is 10.4. The molecule has 0 fully saturated rings. The molecule has 0 amide bonds. The van der Waals surface area contributed by atoms with Gasteiger partial charge in [-0.1, -0.05) is 290 Å². The van der Waals surface area contributed by atoms with Gasteiger partial charge < -0.3 is 24.5 Å². The highest BCUT2D eigenvalue weighted by Gasteiger charge is 2.49. The first-order valence-electron chi connectivity index (χ1n) is 36.0. The summed E-state index contributed by atoms with van der Waals surface area (Å²) in [5.41, 5.74) is 28.6. The summed E-state index contributed by atoms with van der Waals surface area (Å²) in [4.78, 5) is 14.0. The van der Waals surface area contributed by atoms with Gasteiger partial charge in [-0.05, 0) is 153 Å². The van der Waals surface area contributed by atoms with E-state index in [1.54, 1.807) is 17.8 Å². The van der Waals surface area contributed by atoms with Crippen molar-refractivity contribution in [3.05, 3.63) is 394 Å². The number of hydrogen-bond donors (Lipinski definition) is 0. The molecular weight excluding hydrogens is 1310 g/mol. The van der Waals surface area contributed by atoms with Crippen LogP contribution in [0.1, 0.15) is 0 Å². The van der Waals surface area contributed by atoms with E-state index in [4.69, 9.17) is 0 Å². The Bertz CT molecular complexity index is 5910. The van der Waals surface area contributed by atoms with Gasteiger partial charge in [0.2, 0.25) is 6.71 Å². The fourth-order valence-electron chi connectivity index (χ4n) is 16.9. The number of anilines is 15. The first-order valence-corrected chi connectivity index (χ1v) is 36.8. The quantitative estimate of drug-likeness (QED) is 0.106. The van der Waals surface area contributed by atoms with Crippen LogP contribution in [0.4, 0.5) is 94.1 Å². The molecule has 0 saturated carbocycles. The summed E-state index contributed by atoms with van der Waals surface area (Å²) in [6, 6.07) is 135. The predicted octanol–water partition coefficient (Wildman–Crippen LogP) is 22.4. The van der Waals surface area contributed by atoms with Crippen molar-refractivity contribution in [1.29, 1.82) is 0 Å². The normalized spacial score (nSPS) is 12.7. The molecule has 0 atom stereocenters. The SMILES string of the molecule is Fc1ccc(N2c3cc4c(cc3B3c5ccccc5N(c5c(-c6ccccc6)cccc5-c5ccccc5)c5cc(N(c6ccccc6)c6c(-c7ccccc7)cccc6-c6ccccc6)cc2c53)B2c3ccccc3N(c3ccccc3)c3cc(N(c5ccccc5)c5ccccc5)cc(c32)S4)c(F)c1. The van der Waals surface area contributed by atoms with Gasteiger partial charge in [0.1, 0.15) is 11.6 Å². The molecule has 0 saturated heterocycles. The van der Waals surface area contributed by atoms with E-state index in [1.807, 2.05) is 0 Å². The van der Waals surface area contributed by atoms with Crippen molar-refractivity contribution in [2.45, 2.75) is 9.79 Å². The van der Waals surface area contributed by atoms with E-state index in [9.17, 15) is 0 Å². The predicted molar refractivity (Wildman–Crippen MR) is 441 cm³/mol. The van der Waals surface area contributed by atoms with Gasteiger partial charge in [-0.15, -0.1) is 0 Å². The van der Waals surface area contributed by atoms with E-state index in [-0.39, 0.29) is 12.4 Å². The Balaban J connectivity index is 0.913. The lowest BCUT2D eigenvalue weighted by molar-refractivity contribution is 0.584. The molecule has 4 aliphatic heterocycles. The number of nitrogens with zero attached hydrogens (tertiary/aromatic N) is 5. The van der Waals surface area contributed by atoms with Crippen LogP contribution in [0.3, 0.4) is 0 Å². The molecule has 0 bridgehead atoms. The molecule has 0 N–H and O–H groups in total. The fourth-order valence-corrected chi connectivity index (χ4v) is 18.2. The van der Waals surface area contributed by atoms with Crippen LogP contribution in [-0.2, 0) is 0 Å². The molecule has 16 aromatic carbocycles. The van der Waals surface area contributed by atoms with E-state index in [1.165, 1.54) is 17.0 Å². The molecule has 498 valence electrons. The Morgan fingerprint density at radius 1 is 0.255 bits per heavy atom. The van der Waals surface area contributed by atoms with Gasteiger partial charge in [0.05, 0.1) is 22.7 Å². The Kier molecular flexibility index (Phi) is 15.3. The summed E-state index contributed by atoms with van der Waals surface area (Å²) in [6.07, 6.45) is 0. The minimum absolute atomic E-state index is 0.218. The zero-order valence-corrected chi connectivity index (χ0v) is 58.2. The Morgan fingerprint density at radius 2 is 0.670 bits per heavy atom. The molecule has 0 spiro atoms. The van der Waals surface area contributed by atoms with Crippen LogP contribution >= 0.6 is 11.8 Å². The van der Waals surface area contributed by atoms with Crippen molar-refractivity contribution >= 4 is 143 Å². The number of halogens is 2. The Morgan fingerprint density at radius 3 is 1.19 bits per heavy atom. The first-order chi connectivity index (χ1) is 52.5. The molecule has 0 radical (unpaired) electrons. The molecule has 106 heavy (non-hydrogen) atoms. The molecule has 10 heteroatoms. The Hall–Kier alpha value is -13.1. The first kappa shape index (κ1) is 62.6.